The van der Waals surface area contributed by atoms with E-state index >= 15 is 0 Å². The van der Waals surface area contributed by atoms with Crippen LogP contribution in [0.4, 0.5) is 0 Å². The first-order valence-electron chi connectivity index (χ1n) is 7.42. The molecule has 2 aromatic rings. The van der Waals surface area contributed by atoms with Crippen molar-refractivity contribution in [2.75, 3.05) is 5.75 Å². The lowest BCUT2D eigenvalue weighted by molar-refractivity contribution is -0.133. The van der Waals surface area contributed by atoms with E-state index < -0.39 is 5.97 Å². The molecule has 1 aliphatic rings. The van der Waals surface area contributed by atoms with Crippen LogP contribution in [0, 0.1) is 0 Å². The van der Waals surface area contributed by atoms with E-state index in [1.54, 1.807) is 12.4 Å². The van der Waals surface area contributed by atoms with Crippen LogP contribution in [-0.4, -0.2) is 31.4 Å². The third kappa shape index (κ3) is 3.20. The molecule has 6 heteroatoms. The maximum atomic E-state index is 10.9. The second-order valence-electron chi connectivity index (χ2n) is 5.46. The maximum absolute atomic E-state index is 10.9. The Hall–Kier alpha value is -1.56. The van der Waals surface area contributed by atoms with E-state index in [-0.39, 0.29) is 5.75 Å². The van der Waals surface area contributed by atoms with Crippen molar-refractivity contribution in [1.82, 2.24) is 14.5 Å². The zero-order valence-corrected chi connectivity index (χ0v) is 12.7. The van der Waals surface area contributed by atoms with E-state index in [4.69, 9.17) is 5.11 Å². The van der Waals surface area contributed by atoms with Crippen molar-refractivity contribution in [1.29, 1.82) is 0 Å². The molecule has 112 valence electrons. The number of thioether (sulfide) groups is 1. The average Bonchev–Trinajstić information content (AvgIpc) is 2.65. The number of carboxylic acid groups (broad SMARTS) is 1. The highest BCUT2D eigenvalue weighted by molar-refractivity contribution is 7.99. The van der Waals surface area contributed by atoms with Crippen LogP contribution in [0.25, 0.3) is 11.0 Å². The highest BCUT2D eigenvalue weighted by atomic mass is 32.2. The number of imidazole rings is 1. The average molecular weight is 305 g/mol. The van der Waals surface area contributed by atoms with Gasteiger partial charge in [0.05, 0.1) is 17.5 Å². The molecule has 21 heavy (non-hydrogen) atoms. The van der Waals surface area contributed by atoms with Crippen molar-refractivity contribution >= 4 is 28.8 Å². The van der Waals surface area contributed by atoms with Gasteiger partial charge in [0.1, 0.15) is 5.52 Å². The normalized spacial score (nSPS) is 17.0. The minimum absolute atomic E-state index is 0.0451. The largest absolute Gasteiger partial charge is 0.481 e. The maximum Gasteiger partial charge on any atom is 0.313 e. The van der Waals surface area contributed by atoms with Crippen LogP contribution in [0.5, 0.6) is 0 Å². The molecule has 2 aromatic heterocycles. The van der Waals surface area contributed by atoms with Gasteiger partial charge in [0, 0.05) is 12.2 Å². The van der Waals surface area contributed by atoms with Crippen LogP contribution in [0.3, 0.4) is 0 Å². The van der Waals surface area contributed by atoms with E-state index in [0.717, 1.165) is 29.0 Å². The Morgan fingerprint density at radius 2 is 2.10 bits per heavy atom. The van der Waals surface area contributed by atoms with E-state index in [1.165, 1.54) is 37.4 Å². The smallest absolute Gasteiger partial charge is 0.313 e. The molecule has 0 aromatic carbocycles. The molecule has 0 radical (unpaired) electrons. The summed E-state index contributed by atoms with van der Waals surface area (Å²) in [6, 6.07) is 2.41. The van der Waals surface area contributed by atoms with Crippen LogP contribution in [0.1, 0.15) is 44.6 Å². The van der Waals surface area contributed by atoms with Gasteiger partial charge in [-0.05, 0) is 18.9 Å². The van der Waals surface area contributed by atoms with Gasteiger partial charge >= 0.3 is 5.97 Å². The molecule has 0 saturated heterocycles. The molecule has 1 fully saturated rings. The van der Waals surface area contributed by atoms with Crippen LogP contribution in [0.2, 0.25) is 0 Å². The Bertz CT molecular complexity index is 633. The topological polar surface area (TPSA) is 68.0 Å². The van der Waals surface area contributed by atoms with Gasteiger partial charge in [0.2, 0.25) is 0 Å². The van der Waals surface area contributed by atoms with Crippen molar-refractivity contribution in [3.63, 3.8) is 0 Å². The van der Waals surface area contributed by atoms with Gasteiger partial charge in [-0.25, -0.2) is 4.98 Å². The van der Waals surface area contributed by atoms with Crippen molar-refractivity contribution in [3.05, 3.63) is 18.5 Å². The summed E-state index contributed by atoms with van der Waals surface area (Å²) in [5, 5.41) is 9.74. The molecule has 1 aliphatic carbocycles. The highest BCUT2D eigenvalue weighted by Gasteiger charge is 2.21. The van der Waals surface area contributed by atoms with Crippen LogP contribution >= 0.6 is 11.8 Å². The lowest BCUT2D eigenvalue weighted by Crippen LogP contribution is -2.10. The molecule has 5 nitrogen and oxygen atoms in total. The van der Waals surface area contributed by atoms with E-state index in [9.17, 15) is 4.79 Å². The fourth-order valence-corrected chi connectivity index (χ4v) is 3.83. The number of aromatic nitrogens is 3. The third-order valence-corrected chi connectivity index (χ3v) is 4.91. The first-order chi connectivity index (χ1) is 10.3. The number of hydrogen-bond acceptors (Lipinski definition) is 4. The van der Waals surface area contributed by atoms with Gasteiger partial charge in [0.15, 0.2) is 5.16 Å². The molecule has 0 aliphatic heterocycles. The predicted octanol–water partition coefficient (Wildman–Crippen LogP) is 3.50. The minimum Gasteiger partial charge on any atom is -0.481 e. The standard InChI is InChI=1S/C15H19N3O2S/c19-14(20)10-21-15-17-12-9-16-8-7-13(12)18(15)11-5-3-1-2-4-6-11/h7-9,11H,1-6,10H2,(H,19,20). The molecular weight excluding hydrogens is 286 g/mol. The first kappa shape index (κ1) is 14.4. The zero-order chi connectivity index (χ0) is 14.7. The summed E-state index contributed by atoms with van der Waals surface area (Å²) in [6.45, 7) is 0. The predicted molar refractivity (Wildman–Crippen MR) is 82.6 cm³/mol. The summed E-state index contributed by atoms with van der Waals surface area (Å²) in [6.07, 6.45) is 10.9. The molecule has 0 unspecified atom stereocenters. The van der Waals surface area contributed by atoms with E-state index in [0.29, 0.717) is 6.04 Å². The van der Waals surface area contributed by atoms with Crippen LogP contribution in [0.15, 0.2) is 23.6 Å². The molecule has 3 rings (SSSR count). The Labute approximate surface area is 127 Å². The van der Waals surface area contributed by atoms with Crippen LogP contribution < -0.4 is 0 Å². The highest BCUT2D eigenvalue weighted by Crippen LogP contribution is 2.34. The molecule has 0 bridgehead atoms. The minimum atomic E-state index is -0.808. The first-order valence-corrected chi connectivity index (χ1v) is 8.41. The molecule has 0 atom stereocenters. The number of pyridine rings is 1. The quantitative estimate of drug-likeness (QED) is 0.691. The number of rotatable bonds is 4. The Kier molecular flexibility index (Phi) is 4.43. The fourth-order valence-electron chi connectivity index (χ4n) is 3.03. The fraction of sp³-hybridized carbons (Fsp3) is 0.533. The van der Waals surface area contributed by atoms with Gasteiger partial charge in [0.25, 0.3) is 0 Å². The molecule has 0 spiro atoms. The van der Waals surface area contributed by atoms with E-state index in [2.05, 4.69) is 14.5 Å². The number of carboxylic acids is 1. The summed E-state index contributed by atoms with van der Waals surface area (Å²) in [5.41, 5.74) is 1.93. The summed E-state index contributed by atoms with van der Waals surface area (Å²) in [4.78, 5) is 19.6. The van der Waals surface area contributed by atoms with Gasteiger partial charge in [-0.1, -0.05) is 37.4 Å². The second-order valence-corrected chi connectivity index (χ2v) is 6.40. The van der Waals surface area contributed by atoms with Gasteiger partial charge in [-0.2, -0.15) is 0 Å². The number of hydrogen-bond donors (Lipinski definition) is 1. The summed E-state index contributed by atoms with van der Waals surface area (Å²) >= 11 is 1.31. The van der Waals surface area contributed by atoms with Crippen LogP contribution in [-0.2, 0) is 4.79 Å². The zero-order valence-electron chi connectivity index (χ0n) is 11.9. The number of aliphatic carboxylic acids is 1. The lowest BCUT2D eigenvalue weighted by atomic mass is 10.1. The SMILES string of the molecule is O=C(O)CSc1nc2cnccc2n1C1CCCCCC1. The molecule has 1 saturated carbocycles. The van der Waals surface area contributed by atoms with E-state index in [1.807, 2.05) is 6.07 Å². The monoisotopic (exact) mass is 305 g/mol. The summed E-state index contributed by atoms with van der Waals surface area (Å²) in [7, 11) is 0. The Balaban J connectivity index is 1.99. The summed E-state index contributed by atoms with van der Waals surface area (Å²) in [5.74, 6) is -0.763. The molecule has 0 amide bonds. The molecule has 2 heterocycles. The van der Waals surface area contributed by atoms with Crippen molar-refractivity contribution < 1.29 is 9.90 Å². The summed E-state index contributed by atoms with van der Waals surface area (Å²) < 4.78 is 2.25. The Morgan fingerprint density at radius 3 is 2.81 bits per heavy atom. The lowest BCUT2D eigenvalue weighted by Gasteiger charge is -2.19. The number of carbonyl (C=O) groups is 1. The van der Waals surface area contributed by atoms with Crippen molar-refractivity contribution in [2.45, 2.75) is 49.7 Å². The third-order valence-electron chi connectivity index (χ3n) is 3.97. The van der Waals surface area contributed by atoms with Crippen molar-refractivity contribution in [2.24, 2.45) is 0 Å². The van der Waals surface area contributed by atoms with Crippen molar-refractivity contribution in [3.8, 4) is 0 Å². The number of fused-ring (bicyclic) bond motifs is 1. The van der Waals surface area contributed by atoms with Gasteiger partial charge < -0.3 is 9.67 Å². The molecular formula is C15H19N3O2S. The second kappa shape index (κ2) is 6.47. The molecule has 1 N–H and O–H groups in total. The Morgan fingerprint density at radius 1 is 1.33 bits per heavy atom. The van der Waals surface area contributed by atoms with Gasteiger partial charge in [-0.3, -0.25) is 9.78 Å². The number of nitrogens with zero attached hydrogens (tertiary/aromatic N) is 3. The van der Waals surface area contributed by atoms with Gasteiger partial charge in [-0.15, -0.1) is 0 Å².